The summed E-state index contributed by atoms with van der Waals surface area (Å²) in [5.41, 5.74) is 5.05. The average molecular weight is 396 g/mol. The molecule has 0 saturated heterocycles. The summed E-state index contributed by atoms with van der Waals surface area (Å²) in [5, 5.41) is 17.2. The van der Waals surface area contributed by atoms with Crippen LogP contribution in [-0.2, 0) is 12.8 Å². The van der Waals surface area contributed by atoms with E-state index in [0.29, 0.717) is 23.3 Å². The van der Waals surface area contributed by atoms with E-state index in [9.17, 15) is 0 Å². The van der Waals surface area contributed by atoms with Gasteiger partial charge in [0.25, 0.3) is 12.5 Å². The quantitative estimate of drug-likeness (QED) is 0.432. The van der Waals surface area contributed by atoms with E-state index >= 15 is 0 Å². The van der Waals surface area contributed by atoms with Gasteiger partial charge in [-0.3, -0.25) is 0 Å². The van der Waals surface area contributed by atoms with Crippen LogP contribution in [0.15, 0.2) is 72.8 Å². The van der Waals surface area contributed by atoms with Crippen molar-refractivity contribution in [2.24, 2.45) is 0 Å². The Morgan fingerprint density at radius 1 is 0.600 bits per heavy atom. The van der Waals surface area contributed by atoms with Crippen LogP contribution in [0.2, 0.25) is 0 Å². The third kappa shape index (κ3) is 5.63. The molecule has 3 aromatic carbocycles. The van der Waals surface area contributed by atoms with Crippen molar-refractivity contribution in [3.8, 4) is 24.0 Å². The van der Waals surface area contributed by atoms with Crippen LogP contribution in [-0.4, -0.2) is 0 Å². The van der Waals surface area contributed by atoms with Crippen molar-refractivity contribution in [3.05, 3.63) is 95.1 Å². The molecule has 0 saturated carbocycles. The lowest BCUT2D eigenvalue weighted by Gasteiger charge is -2.15. The first-order valence-corrected chi connectivity index (χ1v) is 9.98. The van der Waals surface area contributed by atoms with Crippen LogP contribution in [0.3, 0.4) is 0 Å². The minimum atomic E-state index is 0.375. The Morgan fingerprint density at radius 3 is 1.23 bits per heavy atom. The van der Waals surface area contributed by atoms with Gasteiger partial charge in [-0.2, -0.15) is 0 Å². The monoisotopic (exact) mass is 396 g/mol. The van der Waals surface area contributed by atoms with Crippen molar-refractivity contribution in [2.45, 2.75) is 38.5 Å². The zero-order chi connectivity index (χ0) is 21.3. The molecule has 4 nitrogen and oxygen atoms in total. The highest BCUT2D eigenvalue weighted by Crippen LogP contribution is 2.25. The van der Waals surface area contributed by atoms with Crippen LogP contribution in [0.4, 0.5) is 0 Å². The molecule has 0 N–H and O–H groups in total. The molecular weight excluding hydrogens is 372 g/mol. The highest BCUT2D eigenvalue weighted by Gasteiger charge is 2.10. The maximum absolute atomic E-state index is 8.58. The van der Waals surface area contributed by atoms with Crippen molar-refractivity contribution in [3.63, 3.8) is 0 Å². The lowest BCUT2D eigenvalue weighted by Crippen LogP contribution is -2.01. The maximum atomic E-state index is 8.58. The van der Waals surface area contributed by atoms with Gasteiger partial charge in [-0.1, -0.05) is 62.4 Å². The number of nitriles is 2. The largest absolute Gasteiger partial charge is 0.388 e. The van der Waals surface area contributed by atoms with E-state index < -0.39 is 0 Å². The van der Waals surface area contributed by atoms with Crippen LogP contribution in [0, 0.1) is 23.0 Å². The fourth-order valence-electron chi connectivity index (χ4n) is 3.59. The maximum Gasteiger partial charge on any atom is 0.292 e. The summed E-state index contributed by atoms with van der Waals surface area (Å²) in [6.07, 6.45) is 5.29. The standard InChI is InChI=1S/C26H24N2O2/c1-19(23-7-11-25(12-8-23)29-17-27)15-21-3-5-22(6-4-21)16-20(2)24-9-13-26(14-10-24)30-18-28/h3-14,19-20H,15-16H2,1-2H3. The van der Waals surface area contributed by atoms with Gasteiger partial charge in [0.2, 0.25) is 0 Å². The minimum Gasteiger partial charge on any atom is -0.388 e. The first kappa shape index (κ1) is 21.0. The molecule has 0 radical (unpaired) electrons. The minimum absolute atomic E-state index is 0.375. The normalized spacial score (nSPS) is 12.3. The van der Waals surface area contributed by atoms with Crippen molar-refractivity contribution in [1.29, 1.82) is 10.5 Å². The molecule has 30 heavy (non-hydrogen) atoms. The summed E-state index contributed by atoms with van der Waals surface area (Å²) < 4.78 is 9.68. The predicted octanol–water partition coefficient (Wildman–Crippen LogP) is 6.10. The van der Waals surface area contributed by atoms with Gasteiger partial charge in [0.1, 0.15) is 11.5 Å². The molecule has 3 aromatic rings. The Bertz CT molecular complexity index is 940. The first-order valence-electron chi connectivity index (χ1n) is 9.98. The first-order chi connectivity index (χ1) is 14.6. The molecule has 0 heterocycles. The fourth-order valence-corrected chi connectivity index (χ4v) is 3.59. The highest BCUT2D eigenvalue weighted by molar-refractivity contribution is 5.33. The molecule has 0 spiro atoms. The Kier molecular flexibility index (Phi) is 7.09. The molecule has 2 atom stereocenters. The molecule has 0 aromatic heterocycles. The van der Waals surface area contributed by atoms with E-state index in [0.717, 1.165) is 12.8 Å². The van der Waals surface area contributed by atoms with Gasteiger partial charge >= 0.3 is 0 Å². The summed E-state index contributed by atoms with van der Waals surface area (Å²) >= 11 is 0. The van der Waals surface area contributed by atoms with E-state index in [2.05, 4.69) is 38.1 Å². The predicted molar refractivity (Wildman–Crippen MR) is 116 cm³/mol. The smallest absolute Gasteiger partial charge is 0.292 e. The zero-order valence-electron chi connectivity index (χ0n) is 17.2. The van der Waals surface area contributed by atoms with Gasteiger partial charge in [-0.15, -0.1) is 10.5 Å². The summed E-state index contributed by atoms with van der Waals surface area (Å²) in [7, 11) is 0. The molecule has 2 unspecified atom stereocenters. The SMILES string of the molecule is CC(Cc1ccc(CC(C)c2ccc(OC#N)cc2)cc1)c1ccc(OC#N)cc1. The number of nitrogens with zero attached hydrogens (tertiary/aromatic N) is 2. The second-order valence-electron chi connectivity index (χ2n) is 7.55. The van der Waals surface area contributed by atoms with Gasteiger partial charge in [-0.25, -0.2) is 0 Å². The van der Waals surface area contributed by atoms with Gasteiger partial charge in [-0.05, 0) is 71.2 Å². The van der Waals surface area contributed by atoms with Crippen molar-refractivity contribution >= 4 is 0 Å². The third-order valence-electron chi connectivity index (χ3n) is 5.33. The number of hydrogen-bond acceptors (Lipinski definition) is 4. The van der Waals surface area contributed by atoms with Crippen LogP contribution in [0.25, 0.3) is 0 Å². The van der Waals surface area contributed by atoms with Gasteiger partial charge < -0.3 is 9.47 Å². The zero-order valence-corrected chi connectivity index (χ0v) is 17.2. The van der Waals surface area contributed by atoms with E-state index in [1.807, 2.05) is 48.5 Å². The summed E-state index contributed by atoms with van der Waals surface area (Å²) in [6, 6.07) is 24.2. The molecule has 0 bridgehead atoms. The van der Waals surface area contributed by atoms with E-state index in [1.165, 1.54) is 22.3 Å². The van der Waals surface area contributed by atoms with E-state index in [4.69, 9.17) is 20.0 Å². The van der Waals surface area contributed by atoms with E-state index in [1.54, 1.807) is 12.5 Å². The molecular formula is C26H24N2O2. The van der Waals surface area contributed by atoms with Crippen molar-refractivity contribution < 1.29 is 9.47 Å². The Morgan fingerprint density at radius 2 is 0.933 bits per heavy atom. The highest BCUT2D eigenvalue weighted by atomic mass is 16.5. The summed E-state index contributed by atoms with van der Waals surface area (Å²) in [4.78, 5) is 0. The second-order valence-corrected chi connectivity index (χ2v) is 7.55. The van der Waals surface area contributed by atoms with Crippen molar-refractivity contribution in [1.82, 2.24) is 0 Å². The molecule has 0 aliphatic heterocycles. The Labute approximate surface area is 177 Å². The Hall–Kier alpha value is -3.76. The molecule has 0 amide bonds. The number of benzene rings is 3. The topological polar surface area (TPSA) is 66.0 Å². The molecule has 0 aliphatic rings. The molecule has 150 valence electrons. The van der Waals surface area contributed by atoms with Gasteiger partial charge in [0.15, 0.2) is 0 Å². The van der Waals surface area contributed by atoms with Crippen LogP contribution < -0.4 is 9.47 Å². The van der Waals surface area contributed by atoms with Crippen LogP contribution in [0.5, 0.6) is 11.5 Å². The molecule has 0 fully saturated rings. The van der Waals surface area contributed by atoms with Crippen LogP contribution >= 0.6 is 0 Å². The summed E-state index contributed by atoms with van der Waals surface area (Å²) in [6.45, 7) is 4.41. The molecule has 4 heteroatoms. The van der Waals surface area contributed by atoms with Crippen LogP contribution in [0.1, 0.15) is 47.9 Å². The van der Waals surface area contributed by atoms with Gasteiger partial charge in [0, 0.05) is 0 Å². The average Bonchev–Trinajstić information content (AvgIpc) is 2.76. The molecule has 0 aliphatic carbocycles. The van der Waals surface area contributed by atoms with E-state index in [-0.39, 0.29) is 0 Å². The third-order valence-corrected chi connectivity index (χ3v) is 5.33. The molecule has 3 rings (SSSR count). The second kappa shape index (κ2) is 10.1. The van der Waals surface area contributed by atoms with Gasteiger partial charge in [0.05, 0.1) is 0 Å². The lowest BCUT2D eigenvalue weighted by atomic mass is 9.91. The lowest BCUT2D eigenvalue weighted by molar-refractivity contribution is 0.506. The number of hydrogen-bond donors (Lipinski definition) is 0. The number of rotatable bonds is 8. The number of ether oxygens (including phenoxy) is 2. The fraction of sp³-hybridized carbons (Fsp3) is 0.231. The Balaban J connectivity index is 1.57. The van der Waals surface area contributed by atoms with Crippen molar-refractivity contribution in [2.75, 3.05) is 0 Å². The summed E-state index contributed by atoms with van der Waals surface area (Å²) in [5.74, 6) is 1.89.